The molecule has 0 bridgehead atoms. The van der Waals surface area contributed by atoms with Crippen LogP contribution >= 0.6 is 0 Å². The SMILES string of the molecule is O=C(O)N1CCC2NCCCC2C1. The van der Waals surface area contributed by atoms with Crippen molar-refractivity contribution in [3.05, 3.63) is 0 Å². The van der Waals surface area contributed by atoms with Gasteiger partial charge in [-0.15, -0.1) is 0 Å². The van der Waals surface area contributed by atoms with Crippen molar-refractivity contribution in [2.45, 2.75) is 25.3 Å². The molecule has 13 heavy (non-hydrogen) atoms. The van der Waals surface area contributed by atoms with Crippen LogP contribution in [0, 0.1) is 5.92 Å². The molecule has 2 N–H and O–H groups in total. The minimum absolute atomic E-state index is 0.554. The average molecular weight is 184 g/mol. The number of hydrogen-bond acceptors (Lipinski definition) is 2. The van der Waals surface area contributed by atoms with E-state index in [1.807, 2.05) is 0 Å². The molecule has 0 aliphatic carbocycles. The second kappa shape index (κ2) is 3.54. The van der Waals surface area contributed by atoms with Crippen molar-refractivity contribution in [3.8, 4) is 0 Å². The fourth-order valence-electron chi connectivity index (χ4n) is 2.42. The summed E-state index contributed by atoms with van der Waals surface area (Å²) in [4.78, 5) is 12.3. The van der Waals surface area contributed by atoms with Gasteiger partial charge in [-0.05, 0) is 31.7 Å². The van der Waals surface area contributed by atoms with Crippen molar-refractivity contribution in [2.24, 2.45) is 5.92 Å². The quantitative estimate of drug-likeness (QED) is 0.583. The second-order valence-corrected chi connectivity index (χ2v) is 3.98. The van der Waals surface area contributed by atoms with Crippen molar-refractivity contribution in [1.82, 2.24) is 10.2 Å². The van der Waals surface area contributed by atoms with Crippen LogP contribution in [0.3, 0.4) is 0 Å². The van der Waals surface area contributed by atoms with Crippen LogP contribution in [0.5, 0.6) is 0 Å². The van der Waals surface area contributed by atoms with Gasteiger partial charge in [0.2, 0.25) is 0 Å². The largest absolute Gasteiger partial charge is 0.465 e. The summed E-state index contributed by atoms with van der Waals surface area (Å²) in [5.74, 6) is 0.554. The van der Waals surface area contributed by atoms with Crippen molar-refractivity contribution in [3.63, 3.8) is 0 Å². The highest BCUT2D eigenvalue weighted by atomic mass is 16.4. The number of piperidine rings is 2. The van der Waals surface area contributed by atoms with Gasteiger partial charge in [0.15, 0.2) is 0 Å². The first-order valence-electron chi connectivity index (χ1n) is 4.98. The van der Waals surface area contributed by atoms with Crippen LogP contribution < -0.4 is 5.32 Å². The molecule has 2 rings (SSSR count). The third kappa shape index (κ3) is 1.77. The maximum Gasteiger partial charge on any atom is 0.407 e. The van der Waals surface area contributed by atoms with Gasteiger partial charge in [0.05, 0.1) is 0 Å². The van der Waals surface area contributed by atoms with Gasteiger partial charge in [-0.25, -0.2) is 4.79 Å². The fourth-order valence-corrected chi connectivity index (χ4v) is 2.42. The molecule has 0 aromatic rings. The van der Waals surface area contributed by atoms with Crippen LogP contribution in [0.1, 0.15) is 19.3 Å². The van der Waals surface area contributed by atoms with Crippen LogP contribution in [-0.2, 0) is 0 Å². The Balaban J connectivity index is 1.95. The molecule has 0 radical (unpaired) electrons. The zero-order valence-corrected chi connectivity index (χ0v) is 7.70. The highest BCUT2D eigenvalue weighted by Crippen LogP contribution is 2.24. The van der Waals surface area contributed by atoms with E-state index in [1.54, 1.807) is 4.90 Å². The van der Waals surface area contributed by atoms with E-state index in [1.165, 1.54) is 12.8 Å². The number of rotatable bonds is 0. The lowest BCUT2D eigenvalue weighted by Crippen LogP contribution is -2.53. The number of carbonyl (C=O) groups is 1. The Hall–Kier alpha value is -0.770. The number of likely N-dealkylation sites (tertiary alicyclic amines) is 1. The summed E-state index contributed by atoms with van der Waals surface area (Å²) in [6.07, 6.45) is 2.59. The molecule has 2 unspecified atom stereocenters. The lowest BCUT2D eigenvalue weighted by Gasteiger charge is -2.40. The average Bonchev–Trinajstić information content (AvgIpc) is 2.17. The van der Waals surface area contributed by atoms with E-state index < -0.39 is 6.09 Å². The van der Waals surface area contributed by atoms with Crippen LogP contribution in [0.15, 0.2) is 0 Å². The number of nitrogens with one attached hydrogen (secondary N) is 1. The number of nitrogens with zero attached hydrogens (tertiary/aromatic N) is 1. The molecule has 0 spiro atoms. The van der Waals surface area contributed by atoms with Crippen molar-refractivity contribution < 1.29 is 9.90 Å². The minimum atomic E-state index is -0.760. The summed E-state index contributed by atoms with van der Waals surface area (Å²) >= 11 is 0. The molecule has 0 saturated carbocycles. The van der Waals surface area contributed by atoms with Crippen LogP contribution in [-0.4, -0.2) is 41.8 Å². The molecular formula is C9H16N2O2. The molecule has 4 heteroatoms. The Morgan fingerprint density at radius 2 is 2.31 bits per heavy atom. The Labute approximate surface area is 77.9 Å². The van der Waals surface area contributed by atoms with Crippen LogP contribution in [0.2, 0.25) is 0 Å². The van der Waals surface area contributed by atoms with Gasteiger partial charge in [-0.3, -0.25) is 0 Å². The molecule has 2 heterocycles. The summed E-state index contributed by atoms with van der Waals surface area (Å²) in [5.41, 5.74) is 0. The van der Waals surface area contributed by atoms with E-state index in [2.05, 4.69) is 5.32 Å². The van der Waals surface area contributed by atoms with Gasteiger partial charge < -0.3 is 15.3 Å². The van der Waals surface area contributed by atoms with Gasteiger partial charge in [-0.2, -0.15) is 0 Å². The molecule has 1 amide bonds. The maximum atomic E-state index is 10.7. The summed E-state index contributed by atoms with van der Waals surface area (Å²) in [5, 5.41) is 12.3. The van der Waals surface area contributed by atoms with Gasteiger partial charge in [0.25, 0.3) is 0 Å². The van der Waals surface area contributed by atoms with Crippen LogP contribution in [0.25, 0.3) is 0 Å². The molecule has 2 fully saturated rings. The summed E-state index contributed by atoms with van der Waals surface area (Å²) in [6, 6.07) is 0.573. The van der Waals surface area contributed by atoms with Gasteiger partial charge in [-0.1, -0.05) is 0 Å². The third-order valence-corrected chi connectivity index (χ3v) is 3.16. The van der Waals surface area contributed by atoms with Crippen molar-refractivity contribution in [2.75, 3.05) is 19.6 Å². The van der Waals surface area contributed by atoms with E-state index in [-0.39, 0.29) is 0 Å². The standard InChI is InChI=1S/C9H16N2O2/c12-9(13)11-5-3-8-7(6-11)2-1-4-10-8/h7-8,10H,1-6H2,(H,12,13). The Bertz CT molecular complexity index is 208. The molecule has 2 aliphatic heterocycles. The Kier molecular flexibility index (Phi) is 2.40. The molecular weight excluding hydrogens is 168 g/mol. The number of carboxylic acid groups (broad SMARTS) is 1. The number of amides is 1. The molecule has 4 nitrogen and oxygen atoms in total. The van der Waals surface area contributed by atoms with E-state index in [0.717, 1.165) is 19.5 Å². The van der Waals surface area contributed by atoms with E-state index >= 15 is 0 Å². The molecule has 2 aliphatic rings. The Morgan fingerprint density at radius 1 is 1.46 bits per heavy atom. The molecule has 2 saturated heterocycles. The van der Waals surface area contributed by atoms with Gasteiger partial charge in [0.1, 0.15) is 0 Å². The first-order chi connectivity index (χ1) is 6.27. The van der Waals surface area contributed by atoms with E-state index in [9.17, 15) is 4.79 Å². The highest BCUT2D eigenvalue weighted by Gasteiger charge is 2.32. The summed E-state index contributed by atoms with van der Waals surface area (Å²) < 4.78 is 0. The van der Waals surface area contributed by atoms with Crippen molar-refractivity contribution in [1.29, 1.82) is 0 Å². The first kappa shape index (κ1) is 8.81. The fraction of sp³-hybridized carbons (Fsp3) is 0.889. The zero-order valence-electron chi connectivity index (χ0n) is 7.70. The summed E-state index contributed by atoms with van der Waals surface area (Å²) in [7, 11) is 0. The number of fused-ring (bicyclic) bond motifs is 1. The second-order valence-electron chi connectivity index (χ2n) is 3.98. The van der Waals surface area contributed by atoms with E-state index in [0.29, 0.717) is 18.5 Å². The third-order valence-electron chi connectivity index (χ3n) is 3.16. The maximum absolute atomic E-state index is 10.7. The smallest absolute Gasteiger partial charge is 0.407 e. The van der Waals surface area contributed by atoms with E-state index in [4.69, 9.17) is 5.11 Å². The monoisotopic (exact) mass is 184 g/mol. The predicted molar refractivity (Wildman–Crippen MR) is 48.7 cm³/mol. The predicted octanol–water partition coefficient (Wildman–Crippen LogP) is 0.738. The lowest BCUT2D eigenvalue weighted by molar-refractivity contribution is 0.0947. The zero-order chi connectivity index (χ0) is 9.26. The first-order valence-corrected chi connectivity index (χ1v) is 4.98. The molecule has 74 valence electrons. The topological polar surface area (TPSA) is 52.6 Å². The van der Waals surface area contributed by atoms with Gasteiger partial charge in [0, 0.05) is 19.1 Å². The van der Waals surface area contributed by atoms with Crippen LogP contribution in [0.4, 0.5) is 4.79 Å². The Morgan fingerprint density at radius 3 is 3.08 bits per heavy atom. The van der Waals surface area contributed by atoms with Gasteiger partial charge >= 0.3 is 6.09 Å². The molecule has 0 aromatic heterocycles. The lowest BCUT2D eigenvalue weighted by atomic mass is 9.85. The molecule has 0 aromatic carbocycles. The highest BCUT2D eigenvalue weighted by molar-refractivity contribution is 5.65. The molecule has 2 atom stereocenters. The minimum Gasteiger partial charge on any atom is -0.465 e. The number of hydrogen-bond donors (Lipinski definition) is 2. The summed E-state index contributed by atoms with van der Waals surface area (Å²) in [6.45, 7) is 2.53. The normalized spacial score (nSPS) is 34.0. The van der Waals surface area contributed by atoms with Crippen molar-refractivity contribution >= 4 is 6.09 Å².